The molecule has 0 aliphatic heterocycles. The van der Waals surface area contributed by atoms with E-state index < -0.39 is 6.09 Å². The Morgan fingerprint density at radius 3 is 2.61 bits per heavy atom. The highest BCUT2D eigenvalue weighted by atomic mass is 16.5. The number of nitrogens with one attached hydrogen (secondary N) is 1. The molecule has 1 heterocycles. The molecule has 6 heteroatoms. The first-order chi connectivity index (χ1) is 13.6. The van der Waals surface area contributed by atoms with Crippen LogP contribution < -0.4 is 10.9 Å². The molecule has 0 aliphatic carbocycles. The summed E-state index contributed by atoms with van der Waals surface area (Å²) in [5.74, 6) is 0. The normalized spacial score (nSPS) is 10.5. The van der Waals surface area contributed by atoms with E-state index in [2.05, 4.69) is 29.5 Å². The number of hydrogen-bond donors (Lipinski definition) is 1. The number of aromatic nitrogens is 2. The van der Waals surface area contributed by atoms with Crippen LogP contribution in [0, 0.1) is 0 Å². The van der Waals surface area contributed by atoms with Crippen LogP contribution in [0.4, 0.5) is 10.5 Å². The lowest BCUT2D eigenvalue weighted by atomic mass is 10.1. The average Bonchev–Trinajstić information content (AvgIpc) is 2.70. The third kappa shape index (κ3) is 4.85. The molecule has 0 saturated heterocycles. The Kier molecular flexibility index (Phi) is 6.22. The number of ether oxygens (including phenoxy) is 1. The summed E-state index contributed by atoms with van der Waals surface area (Å²) in [6.07, 6.45) is 0.432. The van der Waals surface area contributed by atoms with Crippen LogP contribution in [-0.4, -0.2) is 22.5 Å². The summed E-state index contributed by atoms with van der Waals surface area (Å²) in [6.45, 7) is 4.46. The monoisotopic (exact) mass is 377 g/mol. The molecule has 2 aromatic carbocycles. The molecule has 144 valence electrons. The maximum Gasteiger partial charge on any atom is 0.411 e. The predicted octanol–water partition coefficient (Wildman–Crippen LogP) is 4.09. The van der Waals surface area contributed by atoms with Crippen molar-refractivity contribution < 1.29 is 9.53 Å². The first-order valence-corrected chi connectivity index (χ1v) is 9.29. The summed E-state index contributed by atoms with van der Waals surface area (Å²) in [4.78, 5) is 23.9. The molecule has 0 radical (unpaired) electrons. The second-order valence-electron chi connectivity index (χ2n) is 6.31. The maximum atomic E-state index is 12.3. The fourth-order valence-corrected chi connectivity index (χ4v) is 2.87. The van der Waals surface area contributed by atoms with E-state index in [1.54, 1.807) is 25.1 Å². The number of aryl methyl sites for hydroxylation is 1. The molecule has 3 rings (SSSR count). The lowest BCUT2D eigenvalue weighted by molar-refractivity contribution is 0.168. The number of nitrogens with zero attached hydrogens (tertiary/aromatic N) is 2. The zero-order valence-corrected chi connectivity index (χ0v) is 16.0. The van der Waals surface area contributed by atoms with Gasteiger partial charge in [-0.15, -0.1) is 0 Å². The van der Waals surface area contributed by atoms with Crippen LogP contribution in [0.15, 0.2) is 65.5 Å². The third-order valence-electron chi connectivity index (χ3n) is 4.28. The summed E-state index contributed by atoms with van der Waals surface area (Å²) in [6, 6.07) is 18.7. The third-order valence-corrected chi connectivity index (χ3v) is 4.28. The fraction of sp³-hybridized carbons (Fsp3) is 0.227. The molecular formula is C22H23N3O3. The summed E-state index contributed by atoms with van der Waals surface area (Å²) in [5, 5.41) is 7.19. The Labute approximate surface area is 163 Å². The second kappa shape index (κ2) is 8.99. The molecule has 0 fully saturated rings. The molecule has 3 aromatic rings. The second-order valence-corrected chi connectivity index (χ2v) is 6.31. The van der Waals surface area contributed by atoms with Crippen LogP contribution in [0.2, 0.25) is 0 Å². The highest BCUT2D eigenvalue weighted by molar-refractivity contribution is 5.84. The largest absolute Gasteiger partial charge is 0.450 e. The van der Waals surface area contributed by atoms with Crippen molar-refractivity contribution in [3.8, 4) is 11.3 Å². The van der Waals surface area contributed by atoms with E-state index in [0.29, 0.717) is 18.8 Å². The molecule has 1 N–H and O–H groups in total. The Balaban J connectivity index is 1.84. The van der Waals surface area contributed by atoms with Gasteiger partial charge >= 0.3 is 6.09 Å². The fourth-order valence-electron chi connectivity index (χ4n) is 2.87. The van der Waals surface area contributed by atoms with Gasteiger partial charge in [0.1, 0.15) is 0 Å². The van der Waals surface area contributed by atoms with Crippen molar-refractivity contribution in [2.75, 3.05) is 11.9 Å². The molecule has 1 aromatic heterocycles. The van der Waals surface area contributed by atoms with Gasteiger partial charge in [-0.3, -0.25) is 10.1 Å². The van der Waals surface area contributed by atoms with Gasteiger partial charge in [-0.05, 0) is 48.7 Å². The lowest BCUT2D eigenvalue weighted by Gasteiger charge is -2.10. The number of carbonyl (C=O) groups excluding carboxylic acids is 1. The number of anilines is 1. The van der Waals surface area contributed by atoms with E-state index in [9.17, 15) is 9.59 Å². The van der Waals surface area contributed by atoms with Crippen molar-refractivity contribution in [3.63, 3.8) is 0 Å². The van der Waals surface area contributed by atoms with Crippen LogP contribution in [0.5, 0.6) is 0 Å². The zero-order chi connectivity index (χ0) is 19.9. The van der Waals surface area contributed by atoms with Crippen molar-refractivity contribution >= 4 is 11.8 Å². The minimum atomic E-state index is -0.507. The number of carbonyl (C=O) groups is 1. The number of amides is 1. The van der Waals surface area contributed by atoms with Crippen LogP contribution >= 0.6 is 0 Å². The molecule has 0 saturated carbocycles. The molecule has 0 atom stereocenters. The van der Waals surface area contributed by atoms with Gasteiger partial charge in [0.25, 0.3) is 5.56 Å². The number of benzene rings is 2. The van der Waals surface area contributed by atoms with Gasteiger partial charge in [-0.1, -0.05) is 37.3 Å². The van der Waals surface area contributed by atoms with Crippen molar-refractivity contribution in [1.82, 2.24) is 9.78 Å². The van der Waals surface area contributed by atoms with E-state index in [0.717, 1.165) is 23.2 Å². The number of rotatable bonds is 6. The molecule has 0 unspecified atom stereocenters. The van der Waals surface area contributed by atoms with E-state index in [4.69, 9.17) is 4.74 Å². The topological polar surface area (TPSA) is 73.2 Å². The predicted molar refractivity (Wildman–Crippen MR) is 109 cm³/mol. The van der Waals surface area contributed by atoms with E-state index in [-0.39, 0.29) is 5.56 Å². The van der Waals surface area contributed by atoms with Crippen molar-refractivity contribution in [2.45, 2.75) is 26.8 Å². The number of hydrogen-bond acceptors (Lipinski definition) is 4. The van der Waals surface area contributed by atoms with Crippen LogP contribution in [0.1, 0.15) is 25.0 Å². The summed E-state index contributed by atoms with van der Waals surface area (Å²) in [5.41, 5.74) is 4.22. The van der Waals surface area contributed by atoms with Gasteiger partial charge < -0.3 is 4.74 Å². The molecule has 28 heavy (non-hydrogen) atoms. The van der Waals surface area contributed by atoms with Gasteiger partial charge in [-0.25, -0.2) is 9.48 Å². The first-order valence-electron chi connectivity index (χ1n) is 9.29. The Morgan fingerprint density at radius 1 is 1.04 bits per heavy atom. The highest BCUT2D eigenvalue weighted by Crippen LogP contribution is 2.18. The van der Waals surface area contributed by atoms with Crippen molar-refractivity contribution in [3.05, 3.63) is 82.1 Å². The van der Waals surface area contributed by atoms with Gasteiger partial charge in [0.15, 0.2) is 0 Å². The van der Waals surface area contributed by atoms with E-state index in [1.807, 2.05) is 24.3 Å². The summed E-state index contributed by atoms with van der Waals surface area (Å²) in [7, 11) is 0. The average molecular weight is 377 g/mol. The van der Waals surface area contributed by atoms with E-state index in [1.165, 1.54) is 16.3 Å². The smallest absolute Gasteiger partial charge is 0.411 e. The summed E-state index contributed by atoms with van der Waals surface area (Å²) >= 11 is 0. The van der Waals surface area contributed by atoms with Crippen LogP contribution in [0.3, 0.4) is 0 Å². The highest BCUT2D eigenvalue weighted by Gasteiger charge is 2.07. The van der Waals surface area contributed by atoms with Crippen molar-refractivity contribution in [2.24, 2.45) is 0 Å². The quantitative estimate of drug-likeness (QED) is 0.702. The molecule has 6 nitrogen and oxygen atoms in total. The van der Waals surface area contributed by atoms with Gasteiger partial charge in [0, 0.05) is 17.3 Å². The maximum absolute atomic E-state index is 12.3. The molecule has 1 amide bonds. The Hall–Kier alpha value is -3.41. The molecular weight excluding hydrogens is 354 g/mol. The zero-order valence-electron chi connectivity index (χ0n) is 16.0. The first kappa shape index (κ1) is 19.4. The Morgan fingerprint density at radius 2 is 1.82 bits per heavy atom. The van der Waals surface area contributed by atoms with Gasteiger partial charge in [0.2, 0.25) is 0 Å². The van der Waals surface area contributed by atoms with Crippen LogP contribution in [0.25, 0.3) is 11.3 Å². The van der Waals surface area contributed by atoms with Gasteiger partial charge in [-0.2, -0.15) is 5.10 Å². The standard InChI is InChI=1S/C22H23N3O3/c1-3-16-7-5-9-18(13-16)20-11-12-21(26)25(24-20)15-17-8-6-10-19(14-17)23-22(27)28-4-2/h5-14H,3-4,15H2,1-2H3,(H,23,27). The van der Waals surface area contributed by atoms with Crippen molar-refractivity contribution in [1.29, 1.82) is 0 Å². The molecule has 0 bridgehead atoms. The molecule has 0 aliphatic rings. The Bertz CT molecular complexity index is 1030. The minimum Gasteiger partial charge on any atom is -0.450 e. The molecule has 0 spiro atoms. The van der Waals surface area contributed by atoms with Gasteiger partial charge in [0.05, 0.1) is 18.8 Å². The van der Waals surface area contributed by atoms with E-state index >= 15 is 0 Å². The summed E-state index contributed by atoms with van der Waals surface area (Å²) < 4.78 is 6.32. The lowest BCUT2D eigenvalue weighted by Crippen LogP contribution is -2.23. The van der Waals surface area contributed by atoms with Crippen LogP contribution in [-0.2, 0) is 17.7 Å². The minimum absolute atomic E-state index is 0.181. The SMILES string of the molecule is CCOC(=O)Nc1cccc(Cn2nc(-c3cccc(CC)c3)ccc2=O)c1.